The van der Waals surface area contributed by atoms with Gasteiger partial charge in [0.25, 0.3) is 0 Å². The highest BCUT2D eigenvalue weighted by Gasteiger charge is 2.37. The maximum Gasteiger partial charge on any atom is 0.433 e. The van der Waals surface area contributed by atoms with Crippen LogP contribution in [0, 0.1) is 0 Å². The van der Waals surface area contributed by atoms with Gasteiger partial charge in [-0.2, -0.15) is 18.2 Å². The first kappa shape index (κ1) is 15.8. The molecule has 1 aromatic rings. The van der Waals surface area contributed by atoms with Crippen LogP contribution in [0.2, 0.25) is 0 Å². The van der Waals surface area contributed by atoms with E-state index in [1.54, 1.807) is 19.1 Å². The molecule has 1 fully saturated rings. The molecule has 0 amide bonds. The quantitative estimate of drug-likeness (QED) is 0.907. The van der Waals surface area contributed by atoms with E-state index >= 15 is 0 Å². The Bertz CT molecular complexity index is 486. The van der Waals surface area contributed by atoms with Crippen molar-refractivity contribution >= 4 is 11.8 Å². The molecule has 2 unspecified atom stereocenters. The number of halogens is 3. The lowest BCUT2D eigenvalue weighted by Crippen LogP contribution is -2.27. The molecular weight excluding hydrogens is 289 g/mol. The van der Waals surface area contributed by atoms with Crippen LogP contribution in [0.5, 0.6) is 0 Å². The number of aromatic nitrogens is 2. The molecule has 6 nitrogen and oxygen atoms in total. The maximum absolute atomic E-state index is 12.9. The SMILES string of the molecule is CNc1nc(N2CC(OC)C(OC)C2)cc(C(F)(F)F)n1. The molecule has 0 radical (unpaired) electrons. The first-order valence-electron chi connectivity index (χ1n) is 6.33. The van der Waals surface area contributed by atoms with Gasteiger partial charge in [-0.15, -0.1) is 0 Å². The smallest absolute Gasteiger partial charge is 0.377 e. The Morgan fingerprint density at radius 2 is 1.76 bits per heavy atom. The van der Waals surface area contributed by atoms with E-state index in [0.29, 0.717) is 13.1 Å². The summed E-state index contributed by atoms with van der Waals surface area (Å²) >= 11 is 0. The largest absolute Gasteiger partial charge is 0.433 e. The zero-order valence-electron chi connectivity index (χ0n) is 11.9. The van der Waals surface area contributed by atoms with E-state index in [9.17, 15) is 13.2 Å². The lowest BCUT2D eigenvalue weighted by molar-refractivity contribution is -0.141. The second-order valence-corrected chi connectivity index (χ2v) is 4.64. The minimum absolute atomic E-state index is 0.0744. The third kappa shape index (κ3) is 3.35. The first-order chi connectivity index (χ1) is 9.88. The highest BCUT2D eigenvalue weighted by Crippen LogP contribution is 2.31. The normalized spacial score (nSPS) is 22.7. The van der Waals surface area contributed by atoms with Crippen molar-refractivity contribution in [2.24, 2.45) is 0 Å². The summed E-state index contributed by atoms with van der Waals surface area (Å²) in [5.74, 6) is 0.123. The summed E-state index contributed by atoms with van der Waals surface area (Å²) in [6.07, 6.45) is -4.95. The van der Waals surface area contributed by atoms with Crippen molar-refractivity contribution in [1.29, 1.82) is 0 Å². The molecule has 0 bridgehead atoms. The van der Waals surface area contributed by atoms with Crippen LogP contribution in [0.3, 0.4) is 0 Å². The minimum atomic E-state index is -4.52. The first-order valence-corrected chi connectivity index (χ1v) is 6.33. The van der Waals surface area contributed by atoms with E-state index in [1.165, 1.54) is 7.05 Å². The van der Waals surface area contributed by atoms with Gasteiger partial charge in [0.05, 0.1) is 0 Å². The van der Waals surface area contributed by atoms with Crippen molar-refractivity contribution in [2.75, 3.05) is 44.6 Å². The van der Waals surface area contributed by atoms with E-state index in [4.69, 9.17) is 9.47 Å². The van der Waals surface area contributed by atoms with Gasteiger partial charge in [-0.3, -0.25) is 0 Å². The lowest BCUT2D eigenvalue weighted by Gasteiger charge is -2.19. The molecule has 1 aliphatic heterocycles. The fourth-order valence-corrected chi connectivity index (χ4v) is 2.24. The summed E-state index contributed by atoms with van der Waals surface area (Å²) in [6.45, 7) is 0.818. The van der Waals surface area contributed by atoms with Crippen molar-refractivity contribution in [3.05, 3.63) is 11.8 Å². The van der Waals surface area contributed by atoms with Crippen molar-refractivity contribution < 1.29 is 22.6 Å². The molecule has 21 heavy (non-hydrogen) atoms. The zero-order chi connectivity index (χ0) is 15.6. The number of hydrogen-bond acceptors (Lipinski definition) is 6. The van der Waals surface area contributed by atoms with Gasteiger partial charge in [-0.1, -0.05) is 0 Å². The van der Waals surface area contributed by atoms with Crippen LogP contribution < -0.4 is 10.2 Å². The molecule has 1 N–H and O–H groups in total. The van der Waals surface area contributed by atoms with Crippen LogP contribution in [-0.4, -0.2) is 56.5 Å². The van der Waals surface area contributed by atoms with Crippen LogP contribution in [0.15, 0.2) is 6.07 Å². The molecular formula is C12H17F3N4O2. The van der Waals surface area contributed by atoms with E-state index in [2.05, 4.69) is 15.3 Å². The molecule has 118 valence electrons. The summed E-state index contributed by atoms with van der Waals surface area (Å²) in [5, 5.41) is 2.54. The highest BCUT2D eigenvalue weighted by atomic mass is 19.4. The van der Waals surface area contributed by atoms with Gasteiger partial charge in [0, 0.05) is 40.4 Å². The molecule has 0 aliphatic carbocycles. The standard InChI is InChI=1S/C12H17F3N4O2/c1-16-11-17-9(12(13,14)15)4-10(18-11)19-5-7(20-2)8(6-19)21-3/h4,7-8H,5-6H2,1-3H3,(H,16,17,18). The van der Waals surface area contributed by atoms with Crippen molar-refractivity contribution in [1.82, 2.24) is 9.97 Å². The molecule has 9 heteroatoms. The second kappa shape index (κ2) is 6.02. The van der Waals surface area contributed by atoms with Gasteiger partial charge in [0.2, 0.25) is 5.95 Å². The molecule has 2 heterocycles. The summed E-state index contributed by atoms with van der Waals surface area (Å²) in [5.41, 5.74) is -0.980. The summed E-state index contributed by atoms with van der Waals surface area (Å²) in [6, 6.07) is 0.936. The van der Waals surface area contributed by atoms with Crippen molar-refractivity contribution in [3.63, 3.8) is 0 Å². The maximum atomic E-state index is 12.9. The fourth-order valence-electron chi connectivity index (χ4n) is 2.24. The van der Waals surface area contributed by atoms with Gasteiger partial charge in [0.1, 0.15) is 18.0 Å². The monoisotopic (exact) mass is 306 g/mol. The number of anilines is 2. The van der Waals surface area contributed by atoms with Crippen LogP contribution in [0.25, 0.3) is 0 Å². The van der Waals surface area contributed by atoms with E-state index in [0.717, 1.165) is 6.07 Å². The Morgan fingerprint density at radius 3 is 2.19 bits per heavy atom. The number of nitrogens with zero attached hydrogens (tertiary/aromatic N) is 3. The van der Waals surface area contributed by atoms with Crippen LogP contribution in [0.4, 0.5) is 24.9 Å². The van der Waals surface area contributed by atoms with E-state index in [-0.39, 0.29) is 24.0 Å². The second-order valence-electron chi connectivity index (χ2n) is 4.64. The fraction of sp³-hybridized carbons (Fsp3) is 0.667. The average Bonchev–Trinajstić information content (AvgIpc) is 2.89. The van der Waals surface area contributed by atoms with E-state index in [1.807, 2.05) is 0 Å². The lowest BCUT2D eigenvalue weighted by atomic mass is 10.3. The molecule has 1 aliphatic rings. The molecule has 0 aromatic carbocycles. The Morgan fingerprint density at radius 1 is 1.19 bits per heavy atom. The Balaban J connectivity index is 2.31. The molecule has 0 saturated carbocycles. The molecule has 1 saturated heterocycles. The van der Waals surface area contributed by atoms with Crippen LogP contribution >= 0.6 is 0 Å². The molecule has 2 atom stereocenters. The number of methoxy groups -OCH3 is 2. The summed E-state index contributed by atoms with van der Waals surface area (Å²) in [4.78, 5) is 9.21. The van der Waals surface area contributed by atoms with Gasteiger partial charge >= 0.3 is 6.18 Å². The Hall–Kier alpha value is -1.61. The van der Waals surface area contributed by atoms with Crippen molar-refractivity contribution in [2.45, 2.75) is 18.4 Å². The molecule has 2 rings (SSSR count). The van der Waals surface area contributed by atoms with Gasteiger partial charge in [-0.05, 0) is 0 Å². The predicted molar refractivity (Wildman–Crippen MR) is 70.4 cm³/mol. The molecule has 1 aromatic heterocycles. The Kier molecular flexibility index (Phi) is 4.52. The minimum Gasteiger partial charge on any atom is -0.377 e. The van der Waals surface area contributed by atoms with Crippen LogP contribution in [-0.2, 0) is 15.7 Å². The van der Waals surface area contributed by atoms with Gasteiger partial charge in [-0.25, -0.2) is 4.98 Å². The number of nitrogens with one attached hydrogen (secondary N) is 1. The van der Waals surface area contributed by atoms with E-state index < -0.39 is 11.9 Å². The van der Waals surface area contributed by atoms with Crippen molar-refractivity contribution in [3.8, 4) is 0 Å². The van der Waals surface area contributed by atoms with Gasteiger partial charge in [0.15, 0.2) is 5.69 Å². The third-order valence-electron chi connectivity index (χ3n) is 3.37. The third-order valence-corrected chi connectivity index (χ3v) is 3.37. The number of ether oxygens (including phenoxy) is 2. The summed E-state index contributed by atoms with van der Waals surface area (Å²) in [7, 11) is 4.56. The predicted octanol–water partition coefficient (Wildman–Crippen LogP) is 1.39. The topological polar surface area (TPSA) is 59.5 Å². The van der Waals surface area contributed by atoms with Crippen LogP contribution in [0.1, 0.15) is 5.69 Å². The number of alkyl halides is 3. The number of hydrogen-bond donors (Lipinski definition) is 1. The van der Waals surface area contributed by atoms with Gasteiger partial charge < -0.3 is 19.7 Å². The molecule has 0 spiro atoms. The zero-order valence-corrected chi connectivity index (χ0v) is 11.9. The average molecular weight is 306 g/mol. The summed E-state index contributed by atoms with van der Waals surface area (Å²) < 4.78 is 49.2. The Labute approximate surface area is 120 Å². The number of rotatable bonds is 4. The highest BCUT2D eigenvalue weighted by molar-refractivity contribution is 5.47.